The maximum Gasteiger partial charge on any atom is 0.250 e. The first kappa shape index (κ1) is 12.4. The number of carbonyl (C=O) groups excluding carboxylic acids is 1. The Balaban J connectivity index is 2.73. The fourth-order valence-corrected chi connectivity index (χ4v) is 1.94. The van der Waals surface area contributed by atoms with Crippen LogP contribution in [0.1, 0.15) is 21.7 Å². The lowest BCUT2D eigenvalue weighted by atomic mass is 10.1. The molecule has 1 aromatic carbocycles. The van der Waals surface area contributed by atoms with Gasteiger partial charge in [-0.05, 0) is 32.0 Å². The van der Waals surface area contributed by atoms with Crippen LogP contribution in [0.3, 0.4) is 0 Å². The quantitative estimate of drug-likeness (QED) is 0.867. The lowest BCUT2D eigenvalue weighted by Crippen LogP contribution is -2.15. The minimum atomic E-state index is -0.534. The highest BCUT2D eigenvalue weighted by atomic mass is 35.5. The molecule has 1 aromatic heterocycles. The average molecular weight is 265 g/mol. The van der Waals surface area contributed by atoms with Crippen LogP contribution >= 0.6 is 11.6 Å². The zero-order valence-electron chi connectivity index (χ0n) is 10.1. The van der Waals surface area contributed by atoms with Gasteiger partial charge in [0.25, 0.3) is 5.91 Å². The predicted octanol–water partition coefficient (Wildman–Crippen LogP) is 1.82. The van der Waals surface area contributed by atoms with Crippen molar-refractivity contribution in [1.29, 1.82) is 0 Å². The van der Waals surface area contributed by atoms with Gasteiger partial charge in [0.15, 0.2) is 0 Å². The van der Waals surface area contributed by atoms with Crippen LogP contribution < -0.4 is 11.5 Å². The molecule has 6 heteroatoms. The molecular formula is C12H13ClN4O. The minimum absolute atomic E-state index is 0.352. The number of halogens is 1. The number of aryl methyl sites for hydroxylation is 1. The van der Waals surface area contributed by atoms with Crippen molar-refractivity contribution in [3.63, 3.8) is 0 Å². The standard InChI is InChI=1S/C12H13ClN4O/c1-6-11(14)7(2)17(16-6)10-5-8(13)3-4-9(10)12(15)18/h3-5H,14H2,1-2H3,(H2,15,18). The first-order valence-corrected chi connectivity index (χ1v) is 5.71. The van der Waals surface area contributed by atoms with Crippen molar-refractivity contribution in [3.05, 3.63) is 40.2 Å². The summed E-state index contributed by atoms with van der Waals surface area (Å²) in [5.41, 5.74) is 14.1. The minimum Gasteiger partial charge on any atom is -0.396 e. The number of benzene rings is 1. The van der Waals surface area contributed by atoms with Crippen molar-refractivity contribution in [2.45, 2.75) is 13.8 Å². The fraction of sp³-hybridized carbons (Fsp3) is 0.167. The van der Waals surface area contributed by atoms with Crippen LogP contribution in [0, 0.1) is 13.8 Å². The molecule has 0 bridgehead atoms. The van der Waals surface area contributed by atoms with Gasteiger partial charge in [-0.2, -0.15) is 5.10 Å². The number of aromatic nitrogens is 2. The zero-order valence-corrected chi connectivity index (χ0v) is 10.8. The molecule has 0 aliphatic carbocycles. The average Bonchev–Trinajstić information content (AvgIpc) is 2.56. The summed E-state index contributed by atoms with van der Waals surface area (Å²) in [5.74, 6) is -0.534. The Morgan fingerprint density at radius 2 is 2.06 bits per heavy atom. The second-order valence-electron chi connectivity index (χ2n) is 4.02. The van der Waals surface area contributed by atoms with Crippen molar-refractivity contribution in [2.24, 2.45) is 5.73 Å². The van der Waals surface area contributed by atoms with Gasteiger partial charge in [-0.3, -0.25) is 4.79 Å². The number of anilines is 1. The Morgan fingerprint density at radius 3 is 2.56 bits per heavy atom. The SMILES string of the molecule is Cc1nn(-c2cc(Cl)ccc2C(N)=O)c(C)c1N. The van der Waals surface area contributed by atoms with Crippen LogP contribution in [-0.4, -0.2) is 15.7 Å². The van der Waals surface area contributed by atoms with Crippen LogP contribution in [0.15, 0.2) is 18.2 Å². The van der Waals surface area contributed by atoms with E-state index in [9.17, 15) is 4.79 Å². The van der Waals surface area contributed by atoms with Crippen molar-refractivity contribution in [1.82, 2.24) is 9.78 Å². The summed E-state index contributed by atoms with van der Waals surface area (Å²) >= 11 is 5.95. The van der Waals surface area contributed by atoms with Gasteiger partial charge in [0, 0.05) is 5.02 Å². The van der Waals surface area contributed by atoms with E-state index in [0.29, 0.717) is 27.7 Å². The van der Waals surface area contributed by atoms with Gasteiger partial charge in [0.05, 0.1) is 28.3 Å². The predicted molar refractivity (Wildman–Crippen MR) is 71.0 cm³/mol. The van der Waals surface area contributed by atoms with E-state index < -0.39 is 5.91 Å². The first-order valence-electron chi connectivity index (χ1n) is 5.33. The van der Waals surface area contributed by atoms with Crippen LogP contribution in [0.25, 0.3) is 5.69 Å². The number of amides is 1. The molecule has 5 nitrogen and oxygen atoms in total. The molecule has 0 atom stereocenters. The molecule has 94 valence electrons. The third-order valence-electron chi connectivity index (χ3n) is 2.80. The normalized spacial score (nSPS) is 10.6. The maximum atomic E-state index is 11.4. The van der Waals surface area contributed by atoms with E-state index in [0.717, 1.165) is 5.69 Å². The van der Waals surface area contributed by atoms with Gasteiger partial charge < -0.3 is 11.5 Å². The molecule has 1 heterocycles. The highest BCUT2D eigenvalue weighted by Gasteiger charge is 2.16. The summed E-state index contributed by atoms with van der Waals surface area (Å²) in [4.78, 5) is 11.4. The molecule has 2 rings (SSSR count). The van der Waals surface area contributed by atoms with E-state index in [-0.39, 0.29) is 0 Å². The summed E-state index contributed by atoms with van der Waals surface area (Å²) < 4.78 is 1.58. The van der Waals surface area contributed by atoms with E-state index in [4.69, 9.17) is 23.1 Å². The molecule has 0 aliphatic rings. The number of carbonyl (C=O) groups is 1. The smallest absolute Gasteiger partial charge is 0.250 e. The third-order valence-corrected chi connectivity index (χ3v) is 3.04. The second-order valence-corrected chi connectivity index (χ2v) is 4.46. The molecule has 1 amide bonds. The van der Waals surface area contributed by atoms with Gasteiger partial charge in [0.1, 0.15) is 0 Å². The zero-order chi connectivity index (χ0) is 13.4. The monoisotopic (exact) mass is 264 g/mol. The largest absolute Gasteiger partial charge is 0.396 e. The van der Waals surface area contributed by atoms with Gasteiger partial charge in [-0.1, -0.05) is 11.6 Å². The second kappa shape index (κ2) is 4.34. The Kier molecular flexibility index (Phi) is 3.00. The molecule has 4 N–H and O–H groups in total. The molecule has 0 unspecified atom stereocenters. The topological polar surface area (TPSA) is 86.9 Å². The number of hydrogen-bond acceptors (Lipinski definition) is 3. The van der Waals surface area contributed by atoms with Crippen LogP contribution in [0.4, 0.5) is 5.69 Å². The van der Waals surface area contributed by atoms with E-state index in [1.807, 2.05) is 6.92 Å². The number of primary amides is 1. The van der Waals surface area contributed by atoms with Gasteiger partial charge in [0.2, 0.25) is 0 Å². The summed E-state index contributed by atoms with van der Waals surface area (Å²) in [7, 11) is 0. The van der Waals surface area contributed by atoms with Crippen molar-refractivity contribution in [3.8, 4) is 5.69 Å². The first-order chi connectivity index (χ1) is 8.41. The fourth-order valence-electron chi connectivity index (χ4n) is 1.78. The summed E-state index contributed by atoms with van der Waals surface area (Å²) in [6.07, 6.45) is 0. The molecule has 0 radical (unpaired) electrons. The Labute approximate surface area is 109 Å². The molecule has 2 aromatic rings. The molecule has 0 fully saturated rings. The molecular weight excluding hydrogens is 252 g/mol. The number of hydrogen-bond donors (Lipinski definition) is 2. The van der Waals surface area contributed by atoms with Crippen molar-refractivity contribution < 1.29 is 4.79 Å². The van der Waals surface area contributed by atoms with Gasteiger partial charge in [-0.25, -0.2) is 4.68 Å². The van der Waals surface area contributed by atoms with E-state index in [2.05, 4.69) is 5.10 Å². The van der Waals surface area contributed by atoms with Crippen LogP contribution in [-0.2, 0) is 0 Å². The number of rotatable bonds is 2. The van der Waals surface area contributed by atoms with Crippen molar-refractivity contribution in [2.75, 3.05) is 5.73 Å². The van der Waals surface area contributed by atoms with E-state index in [1.54, 1.807) is 29.8 Å². The van der Waals surface area contributed by atoms with Gasteiger partial charge in [-0.15, -0.1) is 0 Å². The molecule has 0 saturated heterocycles. The third kappa shape index (κ3) is 1.93. The molecule has 0 spiro atoms. The number of nitrogens with zero attached hydrogens (tertiary/aromatic N) is 2. The highest BCUT2D eigenvalue weighted by Crippen LogP contribution is 2.24. The maximum absolute atomic E-state index is 11.4. The number of nitrogens with two attached hydrogens (primary N) is 2. The van der Waals surface area contributed by atoms with E-state index in [1.165, 1.54) is 0 Å². The Bertz CT molecular complexity index is 633. The lowest BCUT2D eigenvalue weighted by molar-refractivity contribution is 0.1000. The highest BCUT2D eigenvalue weighted by molar-refractivity contribution is 6.31. The van der Waals surface area contributed by atoms with Crippen molar-refractivity contribution >= 4 is 23.2 Å². The Morgan fingerprint density at radius 1 is 1.39 bits per heavy atom. The van der Waals surface area contributed by atoms with Crippen LogP contribution in [0.2, 0.25) is 5.02 Å². The molecule has 18 heavy (non-hydrogen) atoms. The number of nitrogen functional groups attached to an aromatic ring is 1. The molecule has 0 saturated carbocycles. The van der Waals surface area contributed by atoms with Gasteiger partial charge >= 0.3 is 0 Å². The summed E-state index contributed by atoms with van der Waals surface area (Å²) in [6.45, 7) is 3.62. The Hall–Kier alpha value is -2.01. The lowest BCUT2D eigenvalue weighted by Gasteiger charge is -2.09. The van der Waals surface area contributed by atoms with Crippen LogP contribution in [0.5, 0.6) is 0 Å². The summed E-state index contributed by atoms with van der Waals surface area (Å²) in [6, 6.07) is 4.83. The van der Waals surface area contributed by atoms with E-state index >= 15 is 0 Å². The summed E-state index contributed by atoms with van der Waals surface area (Å²) in [5, 5.41) is 4.79. The molecule has 0 aliphatic heterocycles.